The first-order chi connectivity index (χ1) is 13.1. The van der Waals surface area contributed by atoms with E-state index in [1.54, 1.807) is 24.3 Å². The van der Waals surface area contributed by atoms with E-state index in [2.05, 4.69) is 9.97 Å². The van der Waals surface area contributed by atoms with Crippen molar-refractivity contribution in [2.24, 2.45) is 0 Å². The zero-order valence-corrected chi connectivity index (χ0v) is 14.6. The molecule has 0 aliphatic heterocycles. The standard InChI is InChI=1S/C19H12FN3O3S/c20-14-6-4-13(5-7-14)16-10-27-19-17(16)18(21-11-22-19)26-9-12-2-1-3-15(8-12)23(24)25/h1-8,10-11H,9H2. The SMILES string of the molecule is O=[N+]([O-])c1cccc(COc2ncnc3scc(-c4ccc(F)cc4)c23)c1. The van der Waals surface area contributed by atoms with Gasteiger partial charge in [0.1, 0.15) is 23.6 Å². The van der Waals surface area contributed by atoms with Crippen molar-refractivity contribution in [2.75, 3.05) is 0 Å². The Kier molecular flexibility index (Phi) is 4.47. The Morgan fingerprint density at radius 3 is 2.74 bits per heavy atom. The number of ether oxygens (including phenoxy) is 1. The van der Waals surface area contributed by atoms with Crippen LogP contribution in [0.5, 0.6) is 5.88 Å². The Morgan fingerprint density at radius 1 is 1.15 bits per heavy atom. The van der Waals surface area contributed by atoms with Gasteiger partial charge in [-0.15, -0.1) is 11.3 Å². The van der Waals surface area contributed by atoms with Crippen molar-refractivity contribution >= 4 is 27.2 Å². The van der Waals surface area contributed by atoms with Crippen LogP contribution < -0.4 is 4.74 Å². The van der Waals surface area contributed by atoms with Gasteiger partial charge < -0.3 is 4.74 Å². The summed E-state index contributed by atoms with van der Waals surface area (Å²) in [5.74, 6) is 0.0729. The van der Waals surface area contributed by atoms with Crippen LogP contribution in [0.15, 0.2) is 60.2 Å². The molecule has 0 amide bonds. The number of benzene rings is 2. The van der Waals surface area contributed by atoms with Crippen molar-refractivity contribution in [2.45, 2.75) is 6.61 Å². The van der Waals surface area contributed by atoms with Crippen LogP contribution in [-0.2, 0) is 6.61 Å². The van der Waals surface area contributed by atoms with Crippen molar-refractivity contribution in [1.29, 1.82) is 0 Å². The van der Waals surface area contributed by atoms with Gasteiger partial charge in [0, 0.05) is 23.1 Å². The highest BCUT2D eigenvalue weighted by molar-refractivity contribution is 7.17. The molecule has 134 valence electrons. The van der Waals surface area contributed by atoms with E-state index >= 15 is 0 Å². The fraction of sp³-hybridized carbons (Fsp3) is 0.0526. The lowest BCUT2D eigenvalue weighted by Gasteiger charge is -2.08. The molecular formula is C19H12FN3O3S. The molecule has 6 nitrogen and oxygen atoms in total. The first-order valence-electron chi connectivity index (χ1n) is 7.96. The summed E-state index contributed by atoms with van der Waals surface area (Å²) >= 11 is 1.44. The number of aromatic nitrogens is 2. The van der Waals surface area contributed by atoms with Crippen molar-refractivity contribution < 1.29 is 14.1 Å². The third-order valence-corrected chi connectivity index (χ3v) is 4.87. The fourth-order valence-electron chi connectivity index (χ4n) is 2.71. The van der Waals surface area contributed by atoms with Crippen LogP contribution in [0, 0.1) is 15.9 Å². The average molecular weight is 381 g/mol. The highest BCUT2D eigenvalue weighted by Gasteiger charge is 2.15. The van der Waals surface area contributed by atoms with Gasteiger partial charge in [0.15, 0.2) is 0 Å². The summed E-state index contributed by atoms with van der Waals surface area (Å²) < 4.78 is 19.1. The van der Waals surface area contributed by atoms with Crippen molar-refractivity contribution in [3.05, 3.63) is 81.7 Å². The summed E-state index contributed by atoms with van der Waals surface area (Å²) in [6.45, 7) is 0.131. The Balaban J connectivity index is 1.68. The minimum atomic E-state index is -0.447. The number of halogens is 1. The van der Waals surface area contributed by atoms with E-state index in [-0.39, 0.29) is 18.1 Å². The van der Waals surface area contributed by atoms with Gasteiger partial charge in [-0.2, -0.15) is 0 Å². The third-order valence-electron chi connectivity index (χ3n) is 3.99. The number of hydrogen-bond acceptors (Lipinski definition) is 6. The minimum absolute atomic E-state index is 0.00599. The van der Waals surface area contributed by atoms with Crippen LogP contribution in [0.2, 0.25) is 0 Å². The summed E-state index contributed by atoms with van der Waals surface area (Å²) in [5, 5.41) is 13.6. The molecule has 8 heteroatoms. The van der Waals surface area contributed by atoms with E-state index in [1.807, 2.05) is 5.38 Å². The van der Waals surface area contributed by atoms with Crippen LogP contribution in [0.3, 0.4) is 0 Å². The lowest BCUT2D eigenvalue weighted by molar-refractivity contribution is -0.384. The van der Waals surface area contributed by atoms with E-state index in [4.69, 9.17) is 4.74 Å². The summed E-state index contributed by atoms with van der Waals surface area (Å²) in [4.78, 5) is 19.7. The largest absolute Gasteiger partial charge is 0.472 e. The van der Waals surface area contributed by atoms with Crippen molar-refractivity contribution in [3.8, 4) is 17.0 Å². The zero-order valence-electron chi connectivity index (χ0n) is 13.8. The van der Waals surface area contributed by atoms with Crippen molar-refractivity contribution in [1.82, 2.24) is 9.97 Å². The lowest BCUT2D eigenvalue weighted by Crippen LogP contribution is -1.99. The molecule has 0 fully saturated rings. The van der Waals surface area contributed by atoms with Gasteiger partial charge in [-0.3, -0.25) is 10.1 Å². The average Bonchev–Trinajstić information content (AvgIpc) is 3.12. The number of non-ortho nitro benzene ring substituents is 1. The van der Waals surface area contributed by atoms with Crippen LogP contribution in [0.1, 0.15) is 5.56 Å². The van der Waals surface area contributed by atoms with Gasteiger partial charge >= 0.3 is 0 Å². The van der Waals surface area contributed by atoms with E-state index in [0.717, 1.165) is 21.3 Å². The van der Waals surface area contributed by atoms with Gasteiger partial charge in [-0.1, -0.05) is 24.3 Å². The van der Waals surface area contributed by atoms with Gasteiger partial charge in [-0.25, -0.2) is 14.4 Å². The maximum Gasteiger partial charge on any atom is 0.269 e. The molecule has 0 saturated heterocycles. The summed E-state index contributed by atoms with van der Waals surface area (Å²) in [6.07, 6.45) is 1.41. The molecule has 0 atom stereocenters. The predicted octanol–water partition coefficient (Wildman–Crippen LogP) is 4.98. The molecule has 0 saturated carbocycles. The molecule has 4 rings (SSSR count). The quantitative estimate of drug-likeness (QED) is 0.360. The molecule has 4 aromatic rings. The first-order valence-corrected chi connectivity index (χ1v) is 8.84. The molecule has 0 aliphatic rings. The minimum Gasteiger partial charge on any atom is -0.472 e. The molecule has 2 aromatic carbocycles. The van der Waals surface area contributed by atoms with Crippen LogP contribution in [0.25, 0.3) is 21.3 Å². The normalized spacial score (nSPS) is 10.9. The summed E-state index contributed by atoms with van der Waals surface area (Å²) in [7, 11) is 0. The molecule has 0 bridgehead atoms. The molecule has 2 heterocycles. The predicted molar refractivity (Wildman–Crippen MR) is 100 cm³/mol. The maximum absolute atomic E-state index is 13.2. The number of nitro groups is 1. The molecule has 0 N–H and O–H groups in total. The van der Waals surface area contributed by atoms with Gasteiger partial charge in [-0.05, 0) is 23.3 Å². The molecule has 0 aliphatic carbocycles. The Labute approximate surface area is 157 Å². The second-order valence-corrected chi connectivity index (χ2v) is 6.59. The van der Waals surface area contributed by atoms with E-state index in [1.165, 1.54) is 41.9 Å². The van der Waals surface area contributed by atoms with Crippen molar-refractivity contribution in [3.63, 3.8) is 0 Å². The molecule has 0 radical (unpaired) electrons. The molecule has 0 spiro atoms. The van der Waals surface area contributed by atoms with Crippen LogP contribution in [0.4, 0.5) is 10.1 Å². The smallest absolute Gasteiger partial charge is 0.269 e. The first kappa shape index (κ1) is 17.0. The van der Waals surface area contributed by atoms with Gasteiger partial charge in [0.2, 0.25) is 5.88 Å². The molecular weight excluding hydrogens is 369 g/mol. The van der Waals surface area contributed by atoms with E-state index in [0.29, 0.717) is 11.4 Å². The second kappa shape index (κ2) is 7.08. The maximum atomic E-state index is 13.2. The van der Waals surface area contributed by atoms with Gasteiger partial charge in [0.25, 0.3) is 5.69 Å². The number of nitrogens with zero attached hydrogens (tertiary/aromatic N) is 3. The van der Waals surface area contributed by atoms with Crippen LogP contribution >= 0.6 is 11.3 Å². The van der Waals surface area contributed by atoms with Crippen LogP contribution in [-0.4, -0.2) is 14.9 Å². The molecule has 27 heavy (non-hydrogen) atoms. The highest BCUT2D eigenvalue weighted by Crippen LogP contribution is 2.37. The van der Waals surface area contributed by atoms with E-state index < -0.39 is 4.92 Å². The second-order valence-electron chi connectivity index (χ2n) is 5.73. The number of nitro benzene ring substituents is 1. The Hall–Kier alpha value is -3.39. The topological polar surface area (TPSA) is 78.2 Å². The molecule has 2 aromatic heterocycles. The molecule has 0 unspecified atom stereocenters. The Morgan fingerprint density at radius 2 is 1.96 bits per heavy atom. The summed E-state index contributed by atoms with van der Waals surface area (Å²) in [5.41, 5.74) is 2.35. The number of fused-ring (bicyclic) bond motifs is 1. The monoisotopic (exact) mass is 381 g/mol. The number of thiophene rings is 1. The fourth-order valence-corrected chi connectivity index (χ4v) is 3.62. The van der Waals surface area contributed by atoms with Gasteiger partial charge in [0.05, 0.1) is 10.3 Å². The number of hydrogen-bond donors (Lipinski definition) is 0. The number of rotatable bonds is 5. The summed E-state index contributed by atoms with van der Waals surface area (Å²) in [6, 6.07) is 12.4. The Bertz CT molecular complexity index is 1130. The van der Waals surface area contributed by atoms with E-state index in [9.17, 15) is 14.5 Å². The third kappa shape index (κ3) is 3.47. The zero-order chi connectivity index (χ0) is 18.8. The highest BCUT2D eigenvalue weighted by atomic mass is 32.1. The lowest BCUT2D eigenvalue weighted by atomic mass is 10.1.